The molecule has 8 heteroatoms. The smallest absolute Gasteiger partial charge is 0.261 e. The van der Waals surface area contributed by atoms with Gasteiger partial charge in [-0.1, -0.05) is 12.1 Å². The summed E-state index contributed by atoms with van der Waals surface area (Å²) in [6, 6.07) is 7.37. The van der Waals surface area contributed by atoms with Crippen molar-refractivity contribution in [3.05, 3.63) is 53.3 Å². The molecule has 0 unspecified atom stereocenters. The zero-order valence-corrected chi connectivity index (χ0v) is 14.2. The number of hydrogen-bond acceptors (Lipinski definition) is 5. The van der Waals surface area contributed by atoms with E-state index < -0.39 is 0 Å². The molecule has 134 valence electrons. The molecule has 1 N–H and O–H groups in total. The molecule has 1 saturated heterocycles. The maximum absolute atomic E-state index is 12.4. The maximum Gasteiger partial charge on any atom is 0.261 e. The zero-order valence-electron chi connectivity index (χ0n) is 14.2. The van der Waals surface area contributed by atoms with Crippen LogP contribution in [0.2, 0.25) is 0 Å². The highest BCUT2D eigenvalue weighted by atomic mass is 16.5. The van der Waals surface area contributed by atoms with Crippen LogP contribution in [0.25, 0.3) is 10.9 Å². The van der Waals surface area contributed by atoms with E-state index in [-0.39, 0.29) is 18.0 Å². The van der Waals surface area contributed by atoms with Gasteiger partial charge in [-0.25, -0.2) is 4.98 Å². The van der Waals surface area contributed by atoms with Gasteiger partial charge < -0.3 is 10.1 Å². The van der Waals surface area contributed by atoms with Gasteiger partial charge in [-0.3, -0.25) is 18.8 Å². The number of carbonyl (C=O) groups excluding carboxylic acids is 1. The highest BCUT2D eigenvalue weighted by molar-refractivity contribution is 5.90. The Kier molecular flexibility index (Phi) is 4.49. The van der Waals surface area contributed by atoms with Crippen molar-refractivity contribution in [1.29, 1.82) is 0 Å². The molecule has 1 amide bonds. The lowest BCUT2D eigenvalue weighted by Gasteiger charge is -2.22. The van der Waals surface area contributed by atoms with Crippen molar-refractivity contribution in [3.63, 3.8) is 0 Å². The molecule has 2 aromatic heterocycles. The van der Waals surface area contributed by atoms with Gasteiger partial charge in [0.05, 0.1) is 35.2 Å². The Bertz CT molecular complexity index is 988. The molecule has 0 bridgehead atoms. The molecule has 1 aliphatic heterocycles. The molecule has 1 fully saturated rings. The van der Waals surface area contributed by atoms with E-state index in [1.807, 2.05) is 16.9 Å². The molecule has 0 spiro atoms. The third-order valence-corrected chi connectivity index (χ3v) is 4.50. The Morgan fingerprint density at radius 2 is 2.08 bits per heavy atom. The Morgan fingerprint density at radius 3 is 2.92 bits per heavy atom. The summed E-state index contributed by atoms with van der Waals surface area (Å²) >= 11 is 0. The molecule has 0 atom stereocenters. The van der Waals surface area contributed by atoms with Crippen LogP contribution < -0.4 is 10.9 Å². The summed E-state index contributed by atoms with van der Waals surface area (Å²) in [5, 5.41) is 7.60. The predicted molar refractivity (Wildman–Crippen MR) is 95.9 cm³/mol. The van der Waals surface area contributed by atoms with Crippen LogP contribution in [0.5, 0.6) is 0 Å². The molecule has 0 radical (unpaired) electrons. The number of fused-ring (bicyclic) bond motifs is 1. The number of ether oxygens (including phenoxy) is 1. The van der Waals surface area contributed by atoms with Gasteiger partial charge in [-0.15, -0.1) is 0 Å². The Hall–Kier alpha value is -3.00. The highest BCUT2D eigenvalue weighted by Gasteiger charge is 2.17. The first-order valence-corrected chi connectivity index (χ1v) is 8.56. The quantitative estimate of drug-likeness (QED) is 0.769. The van der Waals surface area contributed by atoms with Gasteiger partial charge in [0.1, 0.15) is 6.54 Å². The molecule has 3 aromatic rings. The predicted octanol–water partition coefficient (Wildman–Crippen LogP) is 1.58. The van der Waals surface area contributed by atoms with Gasteiger partial charge in [0.15, 0.2) is 0 Å². The Balaban J connectivity index is 1.45. The lowest BCUT2D eigenvalue weighted by Crippen LogP contribution is -2.27. The molecule has 8 nitrogen and oxygen atoms in total. The van der Waals surface area contributed by atoms with Gasteiger partial charge in [-0.2, -0.15) is 5.10 Å². The average Bonchev–Trinajstić information content (AvgIpc) is 3.13. The fourth-order valence-electron chi connectivity index (χ4n) is 3.13. The SMILES string of the molecule is O=C(Cn1cnc2ccccc2c1=O)Nc1cnn(C2CCOCC2)c1. The number of anilines is 1. The monoisotopic (exact) mass is 353 g/mol. The van der Waals surface area contributed by atoms with E-state index in [2.05, 4.69) is 15.4 Å². The summed E-state index contributed by atoms with van der Waals surface area (Å²) < 4.78 is 8.52. The van der Waals surface area contributed by atoms with E-state index in [0.717, 1.165) is 26.1 Å². The van der Waals surface area contributed by atoms with E-state index in [4.69, 9.17) is 4.74 Å². The summed E-state index contributed by atoms with van der Waals surface area (Å²) in [6.45, 7) is 1.35. The van der Waals surface area contributed by atoms with Crippen molar-refractivity contribution >= 4 is 22.5 Å². The summed E-state index contributed by atoms with van der Waals surface area (Å²) in [5.74, 6) is -0.296. The topological polar surface area (TPSA) is 91.0 Å². The van der Waals surface area contributed by atoms with Gasteiger partial charge in [0, 0.05) is 19.4 Å². The van der Waals surface area contributed by atoms with Crippen LogP contribution in [0.4, 0.5) is 5.69 Å². The normalized spacial score (nSPS) is 15.2. The fraction of sp³-hybridized carbons (Fsp3) is 0.333. The summed E-state index contributed by atoms with van der Waals surface area (Å²) in [5.41, 5.74) is 0.999. The van der Waals surface area contributed by atoms with Crippen LogP contribution >= 0.6 is 0 Å². The Morgan fingerprint density at radius 1 is 1.27 bits per heavy atom. The lowest BCUT2D eigenvalue weighted by molar-refractivity contribution is -0.116. The summed E-state index contributed by atoms with van der Waals surface area (Å²) in [6.07, 6.45) is 6.65. The average molecular weight is 353 g/mol. The van der Waals surface area contributed by atoms with Crippen LogP contribution in [0.1, 0.15) is 18.9 Å². The van der Waals surface area contributed by atoms with Crippen LogP contribution in [0.3, 0.4) is 0 Å². The molecule has 1 aromatic carbocycles. The molecular weight excluding hydrogens is 334 g/mol. The summed E-state index contributed by atoms with van der Waals surface area (Å²) in [7, 11) is 0. The first kappa shape index (κ1) is 16.5. The van der Waals surface area contributed by atoms with Crippen molar-refractivity contribution < 1.29 is 9.53 Å². The van der Waals surface area contributed by atoms with Crippen molar-refractivity contribution in [2.75, 3.05) is 18.5 Å². The zero-order chi connectivity index (χ0) is 17.9. The van der Waals surface area contributed by atoms with E-state index >= 15 is 0 Å². The molecule has 0 saturated carbocycles. The van der Waals surface area contributed by atoms with Crippen LogP contribution in [0.15, 0.2) is 47.8 Å². The van der Waals surface area contributed by atoms with E-state index in [1.54, 1.807) is 24.4 Å². The highest BCUT2D eigenvalue weighted by Crippen LogP contribution is 2.21. The van der Waals surface area contributed by atoms with Crippen LogP contribution in [0, 0.1) is 0 Å². The molecular formula is C18H19N5O3. The number of para-hydroxylation sites is 1. The standard InChI is InChI=1S/C18H19N5O3/c24-17(11-22-12-19-16-4-2-1-3-15(16)18(22)25)21-13-9-20-23(10-13)14-5-7-26-8-6-14/h1-4,9-10,12,14H,5-8,11H2,(H,21,24). The lowest BCUT2D eigenvalue weighted by atomic mass is 10.1. The molecule has 0 aliphatic carbocycles. The second-order valence-electron chi connectivity index (χ2n) is 6.30. The minimum Gasteiger partial charge on any atom is -0.381 e. The van der Waals surface area contributed by atoms with Gasteiger partial charge >= 0.3 is 0 Å². The number of nitrogens with zero attached hydrogens (tertiary/aromatic N) is 4. The van der Waals surface area contributed by atoms with E-state index in [1.165, 1.54) is 10.9 Å². The second-order valence-corrected chi connectivity index (χ2v) is 6.30. The maximum atomic E-state index is 12.4. The Labute approximate surface area is 149 Å². The second kappa shape index (κ2) is 7.09. The third kappa shape index (κ3) is 3.36. The van der Waals surface area contributed by atoms with E-state index in [9.17, 15) is 9.59 Å². The van der Waals surface area contributed by atoms with Crippen molar-refractivity contribution in [1.82, 2.24) is 19.3 Å². The number of aromatic nitrogens is 4. The third-order valence-electron chi connectivity index (χ3n) is 4.50. The number of benzene rings is 1. The van der Waals surface area contributed by atoms with Crippen LogP contribution in [-0.4, -0.2) is 38.5 Å². The number of rotatable bonds is 4. The molecule has 4 rings (SSSR count). The molecule has 1 aliphatic rings. The summed E-state index contributed by atoms with van der Waals surface area (Å²) in [4.78, 5) is 29.0. The number of carbonyl (C=O) groups is 1. The largest absolute Gasteiger partial charge is 0.381 e. The van der Waals surface area contributed by atoms with E-state index in [0.29, 0.717) is 22.6 Å². The number of hydrogen-bond donors (Lipinski definition) is 1. The van der Waals surface area contributed by atoms with Crippen molar-refractivity contribution in [2.24, 2.45) is 0 Å². The first-order valence-electron chi connectivity index (χ1n) is 8.56. The molecule has 26 heavy (non-hydrogen) atoms. The van der Waals surface area contributed by atoms with Gasteiger partial charge in [0.2, 0.25) is 5.91 Å². The minimum atomic E-state index is -0.296. The van der Waals surface area contributed by atoms with Crippen LogP contribution in [-0.2, 0) is 16.1 Å². The molecule has 3 heterocycles. The number of amides is 1. The fourth-order valence-corrected chi connectivity index (χ4v) is 3.13. The first-order chi connectivity index (χ1) is 12.7. The minimum absolute atomic E-state index is 0.0981. The number of nitrogens with one attached hydrogen (secondary N) is 1. The van der Waals surface area contributed by atoms with Crippen molar-refractivity contribution in [3.8, 4) is 0 Å². The van der Waals surface area contributed by atoms with Gasteiger partial charge in [0.25, 0.3) is 5.56 Å². The van der Waals surface area contributed by atoms with Gasteiger partial charge in [-0.05, 0) is 25.0 Å². The van der Waals surface area contributed by atoms with Crippen molar-refractivity contribution in [2.45, 2.75) is 25.4 Å².